The molecule has 1 amide bonds. The Morgan fingerprint density at radius 3 is 2.62 bits per heavy atom. The Labute approximate surface area is 150 Å². The number of nitrogens with zero attached hydrogens (tertiary/aromatic N) is 4. The summed E-state index contributed by atoms with van der Waals surface area (Å²) in [5.41, 5.74) is 1.76. The van der Waals surface area contributed by atoms with Crippen LogP contribution in [-0.4, -0.2) is 44.5 Å². The summed E-state index contributed by atoms with van der Waals surface area (Å²) >= 11 is 7.14. The van der Waals surface area contributed by atoms with Gasteiger partial charge >= 0.3 is 0 Å². The molecule has 0 bridgehead atoms. The SMILES string of the molecule is C=C(C)CN(CC)C(=O)CSc1nnc(-c2ccc(Cl)cc2)n1N. The summed E-state index contributed by atoms with van der Waals surface area (Å²) < 4.78 is 1.39. The van der Waals surface area contributed by atoms with Crippen molar-refractivity contribution in [1.82, 2.24) is 19.8 Å². The van der Waals surface area contributed by atoms with Crippen LogP contribution in [0.15, 0.2) is 41.6 Å². The first-order valence-corrected chi connectivity index (χ1v) is 8.80. The van der Waals surface area contributed by atoms with Gasteiger partial charge in [-0.2, -0.15) is 0 Å². The van der Waals surface area contributed by atoms with Gasteiger partial charge < -0.3 is 10.7 Å². The van der Waals surface area contributed by atoms with E-state index in [-0.39, 0.29) is 11.7 Å². The summed E-state index contributed by atoms with van der Waals surface area (Å²) in [7, 11) is 0. The van der Waals surface area contributed by atoms with Crippen molar-refractivity contribution in [2.75, 3.05) is 24.7 Å². The van der Waals surface area contributed by atoms with E-state index in [1.54, 1.807) is 17.0 Å². The van der Waals surface area contributed by atoms with Gasteiger partial charge in [-0.15, -0.1) is 10.2 Å². The predicted octanol–water partition coefficient (Wildman–Crippen LogP) is 2.83. The minimum absolute atomic E-state index is 0.0153. The number of nitrogens with two attached hydrogens (primary N) is 1. The van der Waals surface area contributed by atoms with Gasteiger partial charge in [-0.1, -0.05) is 35.5 Å². The first-order chi connectivity index (χ1) is 11.4. The number of hydrogen-bond donors (Lipinski definition) is 1. The van der Waals surface area contributed by atoms with Crippen molar-refractivity contribution in [3.63, 3.8) is 0 Å². The van der Waals surface area contributed by atoms with E-state index in [0.717, 1.165) is 11.1 Å². The van der Waals surface area contributed by atoms with Crippen LogP contribution in [0.1, 0.15) is 13.8 Å². The molecular weight excluding hydrogens is 346 g/mol. The molecule has 2 rings (SSSR count). The van der Waals surface area contributed by atoms with Crippen molar-refractivity contribution >= 4 is 29.3 Å². The maximum atomic E-state index is 12.3. The normalized spacial score (nSPS) is 10.6. The summed E-state index contributed by atoms with van der Waals surface area (Å²) in [5, 5.41) is 9.28. The molecule has 128 valence electrons. The lowest BCUT2D eigenvalue weighted by atomic mass is 10.2. The molecule has 0 saturated carbocycles. The third-order valence-electron chi connectivity index (χ3n) is 3.29. The van der Waals surface area contributed by atoms with Crippen LogP contribution in [0.25, 0.3) is 11.4 Å². The van der Waals surface area contributed by atoms with Crippen LogP contribution in [0, 0.1) is 0 Å². The number of hydrogen-bond acceptors (Lipinski definition) is 5. The number of nitrogen functional groups attached to an aromatic ring is 1. The highest BCUT2D eigenvalue weighted by molar-refractivity contribution is 7.99. The fourth-order valence-electron chi connectivity index (χ4n) is 2.09. The van der Waals surface area contributed by atoms with E-state index in [2.05, 4.69) is 16.8 Å². The highest BCUT2D eigenvalue weighted by atomic mass is 35.5. The van der Waals surface area contributed by atoms with Crippen LogP contribution >= 0.6 is 23.4 Å². The molecular formula is C16H20ClN5OS. The zero-order chi connectivity index (χ0) is 17.7. The van der Waals surface area contributed by atoms with Gasteiger partial charge in [0, 0.05) is 23.7 Å². The minimum atomic E-state index is 0.0153. The Balaban J connectivity index is 2.05. The molecule has 24 heavy (non-hydrogen) atoms. The fraction of sp³-hybridized carbons (Fsp3) is 0.312. The topological polar surface area (TPSA) is 77.0 Å². The summed E-state index contributed by atoms with van der Waals surface area (Å²) in [6, 6.07) is 7.17. The Morgan fingerprint density at radius 1 is 1.38 bits per heavy atom. The Bertz CT molecular complexity index is 729. The lowest BCUT2D eigenvalue weighted by Gasteiger charge is -2.20. The molecule has 6 nitrogen and oxygen atoms in total. The average molecular weight is 366 g/mol. The Hall–Kier alpha value is -1.99. The van der Waals surface area contributed by atoms with Crippen molar-refractivity contribution in [2.45, 2.75) is 19.0 Å². The van der Waals surface area contributed by atoms with Gasteiger partial charge in [0.1, 0.15) is 0 Å². The lowest BCUT2D eigenvalue weighted by Crippen LogP contribution is -2.33. The zero-order valence-corrected chi connectivity index (χ0v) is 15.3. The number of carbonyl (C=O) groups is 1. The highest BCUT2D eigenvalue weighted by Crippen LogP contribution is 2.23. The van der Waals surface area contributed by atoms with E-state index in [4.69, 9.17) is 17.4 Å². The van der Waals surface area contributed by atoms with E-state index in [1.807, 2.05) is 26.0 Å². The quantitative estimate of drug-likeness (QED) is 0.464. The second kappa shape index (κ2) is 8.21. The van der Waals surface area contributed by atoms with Gasteiger partial charge in [0.15, 0.2) is 5.82 Å². The first kappa shape index (κ1) is 18.4. The van der Waals surface area contributed by atoms with E-state index in [1.165, 1.54) is 16.4 Å². The molecule has 0 spiro atoms. The van der Waals surface area contributed by atoms with Crippen molar-refractivity contribution in [3.05, 3.63) is 41.4 Å². The first-order valence-electron chi connectivity index (χ1n) is 7.43. The van der Waals surface area contributed by atoms with E-state index >= 15 is 0 Å². The average Bonchev–Trinajstić information content (AvgIpc) is 2.92. The highest BCUT2D eigenvalue weighted by Gasteiger charge is 2.16. The third-order valence-corrected chi connectivity index (χ3v) is 4.47. The fourth-order valence-corrected chi connectivity index (χ4v) is 2.98. The molecule has 0 aliphatic heterocycles. The molecule has 2 N–H and O–H groups in total. The smallest absolute Gasteiger partial charge is 0.233 e. The maximum Gasteiger partial charge on any atom is 0.233 e. The Morgan fingerprint density at radius 2 is 2.04 bits per heavy atom. The summed E-state index contributed by atoms with van der Waals surface area (Å²) in [4.78, 5) is 14.0. The summed E-state index contributed by atoms with van der Waals surface area (Å²) in [6.07, 6.45) is 0. The van der Waals surface area contributed by atoms with E-state index < -0.39 is 0 Å². The standard InChI is InChI=1S/C16H20ClN5OS/c1-4-21(9-11(2)3)14(23)10-24-16-20-19-15(22(16)18)12-5-7-13(17)8-6-12/h5-8H,2,4,9-10,18H2,1,3H3. The minimum Gasteiger partial charge on any atom is -0.338 e. The van der Waals surface area contributed by atoms with Crippen molar-refractivity contribution in [3.8, 4) is 11.4 Å². The van der Waals surface area contributed by atoms with Crippen LogP contribution in [0.2, 0.25) is 5.02 Å². The molecule has 8 heteroatoms. The summed E-state index contributed by atoms with van der Waals surface area (Å²) in [6.45, 7) is 8.88. The van der Waals surface area contributed by atoms with E-state index in [9.17, 15) is 4.79 Å². The van der Waals surface area contributed by atoms with Crippen LogP contribution in [0.4, 0.5) is 0 Å². The maximum absolute atomic E-state index is 12.3. The van der Waals surface area contributed by atoms with Gasteiger partial charge in [-0.3, -0.25) is 4.79 Å². The van der Waals surface area contributed by atoms with Crippen LogP contribution in [0.3, 0.4) is 0 Å². The largest absolute Gasteiger partial charge is 0.338 e. The number of carbonyl (C=O) groups excluding carboxylic acids is 1. The van der Waals surface area contributed by atoms with Gasteiger partial charge in [0.2, 0.25) is 11.1 Å². The molecule has 0 unspecified atom stereocenters. The van der Waals surface area contributed by atoms with Gasteiger partial charge in [0.25, 0.3) is 0 Å². The Kier molecular flexibility index (Phi) is 6.28. The second-order valence-electron chi connectivity index (χ2n) is 5.34. The van der Waals surface area contributed by atoms with Crippen molar-refractivity contribution < 1.29 is 4.79 Å². The number of likely N-dealkylation sites (N-methyl/N-ethyl adjacent to an activating group) is 1. The zero-order valence-electron chi connectivity index (χ0n) is 13.7. The van der Waals surface area contributed by atoms with Gasteiger partial charge in [-0.05, 0) is 38.1 Å². The number of aromatic nitrogens is 3. The molecule has 0 fully saturated rings. The van der Waals surface area contributed by atoms with Crippen molar-refractivity contribution in [2.24, 2.45) is 0 Å². The predicted molar refractivity (Wildman–Crippen MR) is 98.4 cm³/mol. The van der Waals surface area contributed by atoms with E-state index in [0.29, 0.717) is 29.1 Å². The number of halogens is 1. The molecule has 2 aromatic rings. The van der Waals surface area contributed by atoms with Crippen molar-refractivity contribution in [1.29, 1.82) is 0 Å². The summed E-state index contributed by atoms with van der Waals surface area (Å²) in [5.74, 6) is 6.83. The molecule has 0 atom stereocenters. The van der Waals surface area contributed by atoms with Crippen LogP contribution in [-0.2, 0) is 4.79 Å². The molecule has 1 heterocycles. The number of rotatable bonds is 7. The van der Waals surface area contributed by atoms with Crippen LogP contribution in [0.5, 0.6) is 0 Å². The van der Waals surface area contributed by atoms with Gasteiger partial charge in [0.05, 0.1) is 5.75 Å². The second-order valence-corrected chi connectivity index (χ2v) is 6.72. The van der Waals surface area contributed by atoms with Gasteiger partial charge in [-0.25, -0.2) is 4.68 Å². The molecule has 0 radical (unpaired) electrons. The number of benzene rings is 1. The molecule has 0 aliphatic carbocycles. The monoisotopic (exact) mass is 365 g/mol. The van der Waals surface area contributed by atoms with Crippen LogP contribution < -0.4 is 5.84 Å². The number of amides is 1. The molecule has 1 aromatic carbocycles. The molecule has 0 saturated heterocycles. The lowest BCUT2D eigenvalue weighted by molar-refractivity contribution is -0.127. The third kappa shape index (κ3) is 4.52. The number of thioether (sulfide) groups is 1. The molecule has 1 aromatic heterocycles. The molecule has 0 aliphatic rings.